The zero-order chi connectivity index (χ0) is 18.0. The van der Waals surface area contributed by atoms with Gasteiger partial charge in [-0.15, -0.1) is 0 Å². The summed E-state index contributed by atoms with van der Waals surface area (Å²) in [6.07, 6.45) is 4.11. The maximum absolute atomic E-state index is 12.7. The second kappa shape index (κ2) is 4.01. The summed E-state index contributed by atoms with van der Waals surface area (Å²) in [4.78, 5) is 25.1. The molecule has 1 aliphatic heterocycles. The van der Waals surface area contributed by atoms with E-state index >= 15 is 0 Å². The van der Waals surface area contributed by atoms with Crippen molar-refractivity contribution in [2.75, 3.05) is 0 Å². The SMILES string of the molecule is C=C1C[C@@]23CC1(O)CC[C@@H]2[C@]12C=C[C@H](O)C(C)(C(=O)O1)[C@@H]2[C@H]3C(=O)O. The first kappa shape index (κ1) is 15.6. The maximum Gasteiger partial charge on any atom is 0.316 e. The van der Waals surface area contributed by atoms with E-state index in [4.69, 9.17) is 4.74 Å². The fourth-order valence-electron chi connectivity index (χ4n) is 7.13. The molecule has 2 unspecified atom stereocenters. The van der Waals surface area contributed by atoms with Crippen LogP contribution in [0.5, 0.6) is 0 Å². The Kier molecular flexibility index (Phi) is 2.50. The summed E-state index contributed by atoms with van der Waals surface area (Å²) in [7, 11) is 0. The summed E-state index contributed by atoms with van der Waals surface area (Å²) in [5.74, 6) is -3.18. The van der Waals surface area contributed by atoms with Crippen LogP contribution in [0.15, 0.2) is 24.3 Å². The first-order valence-corrected chi connectivity index (χ1v) is 8.86. The van der Waals surface area contributed by atoms with Gasteiger partial charge in [0.05, 0.1) is 17.6 Å². The molecule has 0 amide bonds. The molecule has 6 nitrogen and oxygen atoms in total. The van der Waals surface area contributed by atoms with E-state index < -0.39 is 51.9 Å². The van der Waals surface area contributed by atoms with Crippen molar-refractivity contribution in [3.8, 4) is 0 Å². The van der Waals surface area contributed by atoms with Crippen LogP contribution in [-0.2, 0) is 14.3 Å². The molecule has 134 valence electrons. The van der Waals surface area contributed by atoms with Crippen molar-refractivity contribution in [2.45, 2.75) is 49.9 Å². The predicted octanol–water partition coefficient (Wildman–Crippen LogP) is 1.03. The molecule has 4 aliphatic carbocycles. The Hall–Kier alpha value is -1.66. The minimum Gasteiger partial charge on any atom is -0.481 e. The van der Waals surface area contributed by atoms with Crippen LogP contribution < -0.4 is 0 Å². The molecule has 0 aromatic carbocycles. The summed E-state index contributed by atoms with van der Waals surface area (Å²) >= 11 is 0. The number of carboxylic acids is 1. The Balaban J connectivity index is 1.78. The first-order valence-electron chi connectivity index (χ1n) is 8.86. The van der Waals surface area contributed by atoms with Gasteiger partial charge < -0.3 is 20.1 Å². The van der Waals surface area contributed by atoms with E-state index in [0.717, 1.165) is 0 Å². The van der Waals surface area contributed by atoms with E-state index in [-0.39, 0.29) is 5.92 Å². The molecule has 3 N–H and O–H groups in total. The third kappa shape index (κ3) is 1.36. The van der Waals surface area contributed by atoms with Gasteiger partial charge in [-0.25, -0.2) is 0 Å². The molecule has 0 aromatic heterocycles. The lowest BCUT2D eigenvalue weighted by atomic mass is 9.61. The topological polar surface area (TPSA) is 104 Å². The number of carbonyl (C=O) groups excluding carboxylic acids is 1. The van der Waals surface area contributed by atoms with Crippen LogP contribution in [0.25, 0.3) is 0 Å². The number of hydrogen-bond acceptors (Lipinski definition) is 5. The number of aliphatic hydroxyl groups excluding tert-OH is 1. The van der Waals surface area contributed by atoms with Crippen LogP contribution >= 0.6 is 0 Å². The van der Waals surface area contributed by atoms with Crippen molar-refractivity contribution in [1.29, 1.82) is 0 Å². The Bertz CT molecular complexity index is 772. The van der Waals surface area contributed by atoms with Gasteiger partial charge in [-0.05, 0) is 49.7 Å². The monoisotopic (exact) mass is 346 g/mol. The van der Waals surface area contributed by atoms with Crippen molar-refractivity contribution in [1.82, 2.24) is 0 Å². The Labute approximate surface area is 145 Å². The standard InChI is InChI=1S/C19H22O6/c1-9-7-17-8-18(9,24)5-3-10(17)19-6-4-11(20)16(2,15(23)25-19)13(19)12(17)14(21)22/h4,6,10-13,20,24H,1,3,5,7-8H2,2H3,(H,21,22)/t10-,11-,12-,13-,16?,17+,18?,19-/m0/s1. The number of carbonyl (C=O) groups is 2. The zero-order valence-electron chi connectivity index (χ0n) is 14.1. The number of aliphatic carboxylic acids is 1. The summed E-state index contributed by atoms with van der Waals surface area (Å²) in [5, 5.41) is 31.6. The average Bonchev–Trinajstić information content (AvgIpc) is 2.95. The van der Waals surface area contributed by atoms with Gasteiger partial charge in [-0.1, -0.05) is 12.7 Å². The number of fused-ring (bicyclic) bond motifs is 1. The second-order valence-electron chi connectivity index (χ2n) is 8.94. The van der Waals surface area contributed by atoms with Gasteiger partial charge in [0.2, 0.25) is 0 Å². The minimum absolute atomic E-state index is 0.180. The third-order valence-corrected chi connectivity index (χ3v) is 8.12. The van der Waals surface area contributed by atoms with Crippen LogP contribution in [0, 0.1) is 28.6 Å². The van der Waals surface area contributed by atoms with E-state index in [1.165, 1.54) is 0 Å². The predicted molar refractivity (Wildman–Crippen MR) is 85.2 cm³/mol. The fourth-order valence-corrected chi connectivity index (χ4v) is 7.13. The normalized spacial score (nSPS) is 58.0. The third-order valence-electron chi connectivity index (χ3n) is 8.12. The molecule has 1 saturated heterocycles. The zero-order valence-corrected chi connectivity index (χ0v) is 14.1. The van der Waals surface area contributed by atoms with Crippen LogP contribution in [-0.4, -0.2) is 44.6 Å². The number of hydrogen-bond donors (Lipinski definition) is 3. The summed E-state index contributed by atoms with van der Waals surface area (Å²) in [6.45, 7) is 5.64. The maximum atomic E-state index is 12.7. The highest BCUT2D eigenvalue weighted by atomic mass is 16.6. The summed E-state index contributed by atoms with van der Waals surface area (Å²) in [5.41, 5.74) is -3.29. The van der Waals surface area contributed by atoms with E-state index in [2.05, 4.69) is 6.58 Å². The quantitative estimate of drug-likeness (QED) is 0.484. The van der Waals surface area contributed by atoms with Gasteiger partial charge in [0.15, 0.2) is 0 Å². The van der Waals surface area contributed by atoms with Gasteiger partial charge in [-0.3, -0.25) is 9.59 Å². The van der Waals surface area contributed by atoms with Crippen LogP contribution in [0.3, 0.4) is 0 Å². The van der Waals surface area contributed by atoms with Crippen molar-refractivity contribution in [3.05, 3.63) is 24.3 Å². The van der Waals surface area contributed by atoms with Gasteiger partial charge in [0.1, 0.15) is 11.0 Å². The van der Waals surface area contributed by atoms with Crippen LogP contribution in [0.2, 0.25) is 0 Å². The highest BCUT2D eigenvalue weighted by Gasteiger charge is 2.83. The van der Waals surface area contributed by atoms with Gasteiger partial charge in [-0.2, -0.15) is 0 Å². The molecule has 25 heavy (non-hydrogen) atoms. The number of aliphatic hydroxyl groups is 2. The molecule has 1 heterocycles. The number of rotatable bonds is 1. The molecule has 0 radical (unpaired) electrons. The van der Waals surface area contributed by atoms with Crippen molar-refractivity contribution in [3.63, 3.8) is 0 Å². The minimum atomic E-state index is -1.27. The summed E-state index contributed by atoms with van der Waals surface area (Å²) < 4.78 is 5.87. The van der Waals surface area contributed by atoms with E-state index in [9.17, 15) is 24.9 Å². The lowest BCUT2D eigenvalue weighted by Gasteiger charge is -2.44. The van der Waals surface area contributed by atoms with Crippen LogP contribution in [0.4, 0.5) is 0 Å². The molecule has 5 aliphatic rings. The van der Waals surface area contributed by atoms with E-state index in [1.54, 1.807) is 19.1 Å². The summed E-state index contributed by atoms with van der Waals surface area (Å²) in [6, 6.07) is 0. The van der Waals surface area contributed by atoms with Crippen molar-refractivity contribution < 1.29 is 29.6 Å². The van der Waals surface area contributed by atoms with E-state index in [1.807, 2.05) is 0 Å². The van der Waals surface area contributed by atoms with Gasteiger partial charge in [0, 0.05) is 11.8 Å². The van der Waals surface area contributed by atoms with Crippen LogP contribution in [0.1, 0.15) is 32.6 Å². The smallest absolute Gasteiger partial charge is 0.316 e. The van der Waals surface area contributed by atoms with Gasteiger partial charge >= 0.3 is 11.9 Å². The highest BCUT2D eigenvalue weighted by molar-refractivity contribution is 5.86. The molecular weight excluding hydrogens is 324 g/mol. The Morgan fingerprint density at radius 3 is 2.84 bits per heavy atom. The fraction of sp³-hybridized carbons (Fsp3) is 0.684. The molecule has 0 aromatic rings. The molecule has 4 fully saturated rings. The van der Waals surface area contributed by atoms with Crippen molar-refractivity contribution >= 4 is 11.9 Å². The lowest BCUT2D eigenvalue weighted by Crippen LogP contribution is -2.50. The lowest BCUT2D eigenvalue weighted by molar-refractivity contribution is -0.163. The molecule has 3 saturated carbocycles. The van der Waals surface area contributed by atoms with E-state index in [0.29, 0.717) is 31.3 Å². The number of carboxylic acid groups (broad SMARTS) is 1. The second-order valence-corrected chi connectivity index (χ2v) is 8.94. The van der Waals surface area contributed by atoms with Crippen molar-refractivity contribution in [2.24, 2.45) is 28.6 Å². The molecular formula is C19H22O6. The molecule has 8 atom stereocenters. The highest BCUT2D eigenvalue weighted by Crippen LogP contribution is 2.77. The Morgan fingerprint density at radius 1 is 1.44 bits per heavy atom. The van der Waals surface area contributed by atoms with Gasteiger partial charge in [0.25, 0.3) is 0 Å². The molecule has 6 heteroatoms. The molecule has 4 bridgehead atoms. The Morgan fingerprint density at radius 2 is 2.16 bits per heavy atom. The number of ether oxygens (including phenoxy) is 1. The molecule has 1 spiro atoms. The first-order chi connectivity index (χ1) is 11.6. The number of esters is 1. The average molecular weight is 346 g/mol. The molecule has 5 rings (SSSR count). The largest absolute Gasteiger partial charge is 0.481 e.